The van der Waals surface area contributed by atoms with Gasteiger partial charge in [-0.15, -0.1) is 6.01 Å². The van der Waals surface area contributed by atoms with Gasteiger partial charge in [0.05, 0.1) is 27.7 Å². The predicted octanol–water partition coefficient (Wildman–Crippen LogP) is 4.57. The molecule has 0 aliphatic heterocycles. The number of hydrogen-bond donors (Lipinski definition) is 2. The van der Waals surface area contributed by atoms with Gasteiger partial charge >= 0.3 is 0 Å². The highest BCUT2D eigenvalue weighted by atomic mass is 32.1. The largest absolute Gasteiger partial charge is 0.507 e. The fourth-order valence-electron chi connectivity index (χ4n) is 2.63. The van der Waals surface area contributed by atoms with Gasteiger partial charge in [-0.25, -0.2) is 4.98 Å². The number of aliphatic hydroxyl groups is 1. The molecule has 166 valence electrons. The number of rotatable bonds is 4. The molecule has 2 aromatic rings. The number of aliphatic hydroxyl groups excluding tert-OH is 1. The Labute approximate surface area is 184 Å². The van der Waals surface area contributed by atoms with Crippen LogP contribution in [0.3, 0.4) is 0 Å². The molecule has 0 unspecified atom stereocenters. The molecular weight excluding hydrogens is 398 g/mol. The first-order valence-electron chi connectivity index (χ1n) is 9.83. The summed E-state index contributed by atoms with van der Waals surface area (Å²) in [7, 11) is 6.16. The van der Waals surface area contributed by atoms with E-state index in [2.05, 4.69) is 77.0 Å². The Kier molecular flexibility index (Phi) is 8.46. The van der Waals surface area contributed by atoms with Crippen molar-refractivity contribution in [2.75, 3.05) is 34.3 Å². The zero-order chi connectivity index (χ0) is 23.3. The maximum atomic E-state index is 10.7. The molecular formula is C22H35N5O2S. The van der Waals surface area contributed by atoms with E-state index < -0.39 is 0 Å². The molecule has 0 aliphatic carbocycles. The minimum atomic E-state index is -0.212. The third-order valence-corrected chi connectivity index (χ3v) is 4.93. The summed E-state index contributed by atoms with van der Waals surface area (Å²) in [5.74, 6) is 0.853. The number of aliphatic imine (C=N–C) groups is 1. The average molecular weight is 434 g/mol. The standard InChI is InChI=1S/C17H21N4OS.C5H14NO/c1-16(2,3)11-7-10(8-12(13(11)22)17(4,5)6)14-20-15(19-9-18)23-21-14;1-6(2,3)4-5-7/h7-8,22H,1-6H3;7H,4-5H2,1-3H3/q-1;+1. The molecule has 0 aliphatic rings. The van der Waals surface area contributed by atoms with Crippen LogP contribution in [0, 0.1) is 0 Å². The van der Waals surface area contributed by atoms with Gasteiger partial charge in [0.1, 0.15) is 17.4 Å². The Balaban J connectivity index is 0.000000553. The van der Waals surface area contributed by atoms with Gasteiger partial charge in [0, 0.05) is 16.7 Å². The number of aromatic nitrogens is 2. The Bertz CT molecular complexity index is 860. The number of phenolic OH excluding ortho intramolecular Hbond substituents is 1. The zero-order valence-electron chi connectivity index (χ0n) is 19.6. The van der Waals surface area contributed by atoms with E-state index in [0.29, 0.717) is 16.7 Å². The summed E-state index contributed by atoms with van der Waals surface area (Å²) in [4.78, 5) is 7.90. The molecule has 1 heterocycles. The summed E-state index contributed by atoms with van der Waals surface area (Å²) in [6.45, 7) is 13.5. The van der Waals surface area contributed by atoms with Crippen molar-refractivity contribution in [3.8, 4) is 17.1 Å². The molecule has 0 radical (unpaired) electrons. The second-order valence-electron chi connectivity index (χ2n) is 10.3. The van der Waals surface area contributed by atoms with Gasteiger partial charge in [0.2, 0.25) is 0 Å². The van der Waals surface area contributed by atoms with Crippen molar-refractivity contribution in [2.24, 2.45) is 4.99 Å². The lowest BCUT2D eigenvalue weighted by molar-refractivity contribution is -0.870. The topological polar surface area (TPSA) is 101 Å². The maximum absolute atomic E-state index is 10.7. The molecule has 2 rings (SSSR count). The van der Waals surface area contributed by atoms with E-state index >= 15 is 0 Å². The number of hydrogen-bond acceptors (Lipinski definition) is 6. The Hall–Kier alpha value is -2.12. The molecule has 0 saturated heterocycles. The van der Waals surface area contributed by atoms with Gasteiger partial charge in [0.25, 0.3) is 0 Å². The van der Waals surface area contributed by atoms with Crippen LogP contribution >= 0.6 is 11.5 Å². The summed E-state index contributed by atoms with van der Waals surface area (Å²) >= 11 is 1.09. The Morgan fingerprint density at radius 1 is 1.07 bits per heavy atom. The van der Waals surface area contributed by atoms with Crippen molar-refractivity contribution in [1.29, 1.82) is 0 Å². The van der Waals surface area contributed by atoms with Crippen LogP contribution in [0.25, 0.3) is 16.8 Å². The van der Waals surface area contributed by atoms with Crippen molar-refractivity contribution in [1.82, 2.24) is 9.36 Å². The van der Waals surface area contributed by atoms with Crippen LogP contribution in [0.1, 0.15) is 52.7 Å². The van der Waals surface area contributed by atoms with Gasteiger partial charge in [-0.2, -0.15) is 4.37 Å². The first-order valence-corrected chi connectivity index (χ1v) is 10.6. The monoisotopic (exact) mass is 433 g/mol. The summed E-state index contributed by atoms with van der Waals surface area (Å²) in [5.41, 5.74) is 2.11. The lowest BCUT2D eigenvalue weighted by Crippen LogP contribution is -2.36. The van der Waals surface area contributed by atoms with Crippen molar-refractivity contribution in [2.45, 2.75) is 52.4 Å². The second kappa shape index (κ2) is 9.79. The first-order chi connectivity index (χ1) is 13.6. The highest BCUT2D eigenvalue weighted by molar-refractivity contribution is 7.09. The van der Waals surface area contributed by atoms with Crippen LogP contribution in [0.2, 0.25) is 0 Å². The lowest BCUT2D eigenvalue weighted by atomic mass is 9.78. The maximum Gasteiger partial charge on any atom is 0.173 e. The average Bonchev–Trinajstić information content (AvgIpc) is 3.01. The molecule has 2 N–H and O–H groups in total. The highest BCUT2D eigenvalue weighted by Crippen LogP contribution is 2.41. The number of phenols is 1. The van der Waals surface area contributed by atoms with Gasteiger partial charge in [-0.1, -0.05) is 41.5 Å². The smallest absolute Gasteiger partial charge is 0.173 e. The molecule has 1 aromatic carbocycles. The van der Waals surface area contributed by atoms with Crippen LogP contribution in [0.4, 0.5) is 5.13 Å². The van der Waals surface area contributed by atoms with E-state index in [9.17, 15) is 5.11 Å². The molecule has 0 amide bonds. The summed E-state index contributed by atoms with van der Waals surface area (Å²) in [6.07, 6.45) is 0. The molecule has 7 nitrogen and oxygen atoms in total. The number of benzene rings is 1. The van der Waals surface area contributed by atoms with Crippen LogP contribution in [-0.2, 0) is 10.8 Å². The van der Waals surface area contributed by atoms with Gasteiger partial charge in [-0.3, -0.25) is 0 Å². The van der Waals surface area contributed by atoms with Crippen LogP contribution in [0.5, 0.6) is 5.75 Å². The van der Waals surface area contributed by atoms with Crippen LogP contribution in [-0.4, -0.2) is 64.4 Å². The quantitative estimate of drug-likeness (QED) is 0.545. The van der Waals surface area contributed by atoms with Crippen LogP contribution < -0.4 is 0 Å². The molecule has 1 aromatic heterocycles. The first kappa shape index (κ1) is 25.9. The molecule has 8 heteroatoms. The number of nitrogens with zero attached hydrogens (tertiary/aromatic N) is 5. The summed E-state index contributed by atoms with van der Waals surface area (Å²) in [5, 5.41) is 28.1. The van der Waals surface area contributed by atoms with E-state index in [1.165, 1.54) is 0 Å². The third kappa shape index (κ3) is 7.61. The molecule has 30 heavy (non-hydrogen) atoms. The predicted molar refractivity (Wildman–Crippen MR) is 125 cm³/mol. The number of aromatic hydroxyl groups is 1. The van der Waals surface area contributed by atoms with Gasteiger partial charge < -0.3 is 25.1 Å². The Morgan fingerprint density at radius 2 is 1.57 bits per heavy atom. The third-order valence-electron chi connectivity index (χ3n) is 4.32. The molecule has 0 atom stereocenters. The number of quaternary nitrogens is 1. The molecule has 0 bridgehead atoms. The van der Waals surface area contributed by atoms with Crippen molar-refractivity contribution in [3.63, 3.8) is 0 Å². The van der Waals surface area contributed by atoms with E-state index in [-0.39, 0.29) is 17.4 Å². The Morgan fingerprint density at radius 3 is 1.90 bits per heavy atom. The van der Waals surface area contributed by atoms with Crippen molar-refractivity contribution >= 4 is 22.7 Å². The minimum absolute atomic E-state index is 0.212. The van der Waals surface area contributed by atoms with E-state index in [4.69, 9.17) is 10.5 Å². The van der Waals surface area contributed by atoms with E-state index in [0.717, 1.165) is 39.3 Å². The van der Waals surface area contributed by atoms with Crippen molar-refractivity contribution in [3.05, 3.63) is 28.7 Å². The minimum Gasteiger partial charge on any atom is -0.507 e. The SMILES string of the molecule is CC(C)(C)c1cc(-c2nsc(N=C=[N-])n2)cc(C(C)(C)C)c1O.C[N+](C)(C)CCO. The highest BCUT2D eigenvalue weighted by Gasteiger charge is 2.27. The van der Waals surface area contributed by atoms with Crippen molar-refractivity contribution < 1.29 is 14.7 Å². The molecule has 0 fully saturated rings. The lowest BCUT2D eigenvalue weighted by Gasteiger charge is -2.27. The fourth-order valence-corrected chi connectivity index (χ4v) is 3.15. The van der Waals surface area contributed by atoms with Gasteiger partial charge in [0.15, 0.2) is 5.82 Å². The summed E-state index contributed by atoms with van der Waals surface area (Å²) < 4.78 is 5.13. The zero-order valence-corrected chi connectivity index (χ0v) is 20.4. The fraction of sp³-hybridized carbons (Fsp3) is 0.591. The normalized spacial score (nSPS) is 12.1. The van der Waals surface area contributed by atoms with Crippen LogP contribution in [0.15, 0.2) is 17.1 Å². The molecule has 0 saturated carbocycles. The molecule has 0 spiro atoms. The van der Waals surface area contributed by atoms with Gasteiger partial charge in [-0.05, 0) is 34.5 Å². The number of likely N-dealkylation sites (N-methyl/N-ethyl adjacent to an activating group) is 1. The second-order valence-corrected chi connectivity index (χ2v) is 11.0. The van der Waals surface area contributed by atoms with E-state index in [1.807, 2.05) is 12.1 Å². The van der Waals surface area contributed by atoms with E-state index in [1.54, 1.807) is 6.01 Å². The summed E-state index contributed by atoms with van der Waals surface area (Å²) in [6, 6.07) is 5.56.